The molecule has 0 heterocycles. The van der Waals surface area contributed by atoms with Gasteiger partial charge in [-0.05, 0) is 38.6 Å². The van der Waals surface area contributed by atoms with Gasteiger partial charge in [0.1, 0.15) is 5.82 Å². The normalized spacial score (nSPS) is 14.4. The van der Waals surface area contributed by atoms with Gasteiger partial charge in [-0.2, -0.15) is 0 Å². The van der Waals surface area contributed by atoms with E-state index in [0.29, 0.717) is 19.8 Å². The van der Waals surface area contributed by atoms with Crippen molar-refractivity contribution in [1.82, 2.24) is 5.32 Å². The minimum Gasteiger partial charge on any atom is -0.379 e. The van der Waals surface area contributed by atoms with Crippen LogP contribution in [0, 0.1) is 5.82 Å². The molecule has 4 heteroatoms. The van der Waals surface area contributed by atoms with Crippen LogP contribution in [0.5, 0.6) is 0 Å². The first-order valence-corrected chi connectivity index (χ1v) is 6.30. The topological polar surface area (TPSA) is 30.5 Å². The van der Waals surface area contributed by atoms with Crippen molar-refractivity contribution in [3.05, 3.63) is 35.6 Å². The molecule has 0 aliphatic carbocycles. The summed E-state index contributed by atoms with van der Waals surface area (Å²) >= 11 is 0. The molecule has 18 heavy (non-hydrogen) atoms. The minimum atomic E-state index is -0.241. The molecule has 0 spiro atoms. The molecule has 0 bridgehead atoms. The summed E-state index contributed by atoms with van der Waals surface area (Å²) in [5.41, 5.74) is 0.840. The number of nitrogens with one attached hydrogen (secondary N) is 1. The first kappa shape index (κ1) is 15.1. The molecule has 0 saturated carbocycles. The molecular weight excluding hydrogens is 233 g/mol. The number of hydrogen-bond donors (Lipinski definition) is 1. The van der Waals surface area contributed by atoms with Crippen molar-refractivity contribution in [1.29, 1.82) is 0 Å². The zero-order chi connectivity index (χ0) is 13.4. The summed E-state index contributed by atoms with van der Waals surface area (Å²) in [6.07, 6.45) is -0.187. The van der Waals surface area contributed by atoms with Crippen molar-refractivity contribution >= 4 is 0 Å². The van der Waals surface area contributed by atoms with E-state index in [-0.39, 0.29) is 18.0 Å². The second-order valence-electron chi connectivity index (χ2n) is 4.21. The molecule has 0 aliphatic rings. The molecule has 2 unspecified atom stereocenters. The minimum absolute atomic E-state index is 0.0217. The van der Waals surface area contributed by atoms with Gasteiger partial charge in [0, 0.05) is 13.2 Å². The molecule has 0 radical (unpaired) electrons. The Morgan fingerprint density at radius 3 is 2.78 bits per heavy atom. The Hall–Kier alpha value is -0.970. The van der Waals surface area contributed by atoms with Gasteiger partial charge in [0.15, 0.2) is 0 Å². The van der Waals surface area contributed by atoms with Crippen LogP contribution >= 0.6 is 0 Å². The molecule has 1 aromatic carbocycles. The van der Waals surface area contributed by atoms with Gasteiger partial charge in [-0.15, -0.1) is 0 Å². The van der Waals surface area contributed by atoms with Gasteiger partial charge < -0.3 is 14.8 Å². The van der Waals surface area contributed by atoms with Crippen molar-refractivity contribution in [2.45, 2.75) is 26.1 Å². The van der Waals surface area contributed by atoms with Crippen molar-refractivity contribution in [2.75, 3.05) is 26.8 Å². The summed E-state index contributed by atoms with van der Waals surface area (Å²) in [7, 11) is 1.85. The summed E-state index contributed by atoms with van der Waals surface area (Å²) in [6, 6.07) is 6.52. The third kappa shape index (κ3) is 5.12. The monoisotopic (exact) mass is 255 g/mol. The molecule has 3 nitrogen and oxygen atoms in total. The fraction of sp³-hybridized carbons (Fsp3) is 0.571. The van der Waals surface area contributed by atoms with Gasteiger partial charge in [0.05, 0.1) is 18.8 Å². The largest absolute Gasteiger partial charge is 0.379 e. The first-order chi connectivity index (χ1) is 8.67. The van der Waals surface area contributed by atoms with E-state index < -0.39 is 0 Å². The highest BCUT2D eigenvalue weighted by Crippen LogP contribution is 2.19. The fourth-order valence-electron chi connectivity index (χ4n) is 1.74. The molecule has 0 aromatic heterocycles. The number of hydrogen-bond acceptors (Lipinski definition) is 3. The number of likely N-dealkylation sites (N-methyl/N-ethyl adjacent to an activating group) is 1. The van der Waals surface area contributed by atoms with Crippen molar-refractivity contribution in [3.8, 4) is 0 Å². The summed E-state index contributed by atoms with van der Waals surface area (Å²) in [6.45, 7) is 5.76. The summed E-state index contributed by atoms with van der Waals surface area (Å²) in [5.74, 6) is -0.241. The molecule has 1 aromatic rings. The van der Waals surface area contributed by atoms with Crippen LogP contribution in [-0.2, 0) is 9.47 Å². The maximum absolute atomic E-state index is 13.2. The standard InChI is InChI=1S/C14H22FNO2/c1-4-17-10-11(2)18-14(9-16-3)12-6-5-7-13(15)8-12/h5-8,11,14,16H,4,9-10H2,1-3H3. The van der Waals surface area contributed by atoms with Crippen LogP contribution in [0.1, 0.15) is 25.5 Å². The lowest BCUT2D eigenvalue weighted by molar-refractivity contribution is -0.0465. The van der Waals surface area contributed by atoms with Crippen LogP contribution in [0.15, 0.2) is 24.3 Å². The van der Waals surface area contributed by atoms with E-state index in [0.717, 1.165) is 5.56 Å². The quantitative estimate of drug-likeness (QED) is 0.774. The van der Waals surface area contributed by atoms with Crippen LogP contribution < -0.4 is 5.32 Å². The molecule has 2 atom stereocenters. The Labute approximate surface area is 108 Å². The van der Waals surface area contributed by atoms with E-state index >= 15 is 0 Å². The smallest absolute Gasteiger partial charge is 0.123 e. The van der Waals surface area contributed by atoms with Gasteiger partial charge in [0.2, 0.25) is 0 Å². The summed E-state index contributed by atoms with van der Waals surface area (Å²) in [5, 5.41) is 3.06. The zero-order valence-corrected chi connectivity index (χ0v) is 11.3. The summed E-state index contributed by atoms with van der Waals surface area (Å²) in [4.78, 5) is 0. The Morgan fingerprint density at radius 2 is 2.17 bits per heavy atom. The van der Waals surface area contributed by atoms with Gasteiger partial charge >= 0.3 is 0 Å². The molecule has 0 saturated heterocycles. The van der Waals surface area contributed by atoms with E-state index in [1.807, 2.05) is 27.0 Å². The Bertz CT molecular complexity index is 346. The Balaban J connectivity index is 2.64. The second kappa shape index (κ2) is 8.19. The lowest BCUT2D eigenvalue weighted by atomic mass is 10.1. The SMILES string of the molecule is CCOCC(C)OC(CNC)c1cccc(F)c1. The van der Waals surface area contributed by atoms with E-state index in [2.05, 4.69) is 5.32 Å². The van der Waals surface area contributed by atoms with Gasteiger partial charge in [0.25, 0.3) is 0 Å². The van der Waals surface area contributed by atoms with Crippen LogP contribution in [-0.4, -0.2) is 32.9 Å². The fourth-order valence-corrected chi connectivity index (χ4v) is 1.74. The first-order valence-electron chi connectivity index (χ1n) is 6.30. The molecule has 1 rings (SSSR count). The van der Waals surface area contributed by atoms with Gasteiger partial charge in [-0.25, -0.2) is 4.39 Å². The third-order valence-electron chi connectivity index (χ3n) is 2.56. The lowest BCUT2D eigenvalue weighted by Crippen LogP contribution is -2.26. The zero-order valence-electron chi connectivity index (χ0n) is 11.3. The average molecular weight is 255 g/mol. The van der Waals surface area contributed by atoms with Crippen LogP contribution in [0.25, 0.3) is 0 Å². The van der Waals surface area contributed by atoms with E-state index in [1.165, 1.54) is 12.1 Å². The molecule has 0 fully saturated rings. The highest BCUT2D eigenvalue weighted by Gasteiger charge is 2.15. The van der Waals surface area contributed by atoms with Gasteiger partial charge in [-0.1, -0.05) is 12.1 Å². The third-order valence-corrected chi connectivity index (χ3v) is 2.56. The molecule has 0 amide bonds. The molecule has 1 N–H and O–H groups in total. The average Bonchev–Trinajstić information content (AvgIpc) is 2.36. The highest BCUT2D eigenvalue weighted by molar-refractivity contribution is 5.19. The molecule has 102 valence electrons. The van der Waals surface area contributed by atoms with E-state index in [1.54, 1.807) is 6.07 Å². The maximum Gasteiger partial charge on any atom is 0.123 e. The second-order valence-corrected chi connectivity index (χ2v) is 4.21. The van der Waals surface area contributed by atoms with Crippen LogP contribution in [0.4, 0.5) is 4.39 Å². The van der Waals surface area contributed by atoms with E-state index in [4.69, 9.17) is 9.47 Å². The van der Waals surface area contributed by atoms with Crippen molar-refractivity contribution in [3.63, 3.8) is 0 Å². The number of ether oxygens (including phenoxy) is 2. The number of rotatable bonds is 8. The van der Waals surface area contributed by atoms with Gasteiger partial charge in [-0.3, -0.25) is 0 Å². The van der Waals surface area contributed by atoms with Crippen LogP contribution in [0.2, 0.25) is 0 Å². The van der Waals surface area contributed by atoms with Crippen LogP contribution in [0.3, 0.4) is 0 Å². The molecule has 0 aliphatic heterocycles. The summed E-state index contributed by atoms with van der Waals surface area (Å²) < 4.78 is 24.4. The predicted octanol–water partition coefficient (Wildman–Crippen LogP) is 2.53. The molecular formula is C14H22FNO2. The Morgan fingerprint density at radius 1 is 1.39 bits per heavy atom. The van der Waals surface area contributed by atoms with Crippen molar-refractivity contribution < 1.29 is 13.9 Å². The predicted molar refractivity (Wildman–Crippen MR) is 70.1 cm³/mol. The lowest BCUT2D eigenvalue weighted by Gasteiger charge is -2.22. The highest BCUT2D eigenvalue weighted by atomic mass is 19.1. The maximum atomic E-state index is 13.2. The number of halogens is 1. The van der Waals surface area contributed by atoms with E-state index in [9.17, 15) is 4.39 Å². The van der Waals surface area contributed by atoms with Crippen molar-refractivity contribution in [2.24, 2.45) is 0 Å². The Kier molecular flexibility index (Phi) is 6.86. The number of benzene rings is 1.